The van der Waals surface area contributed by atoms with E-state index in [1.807, 2.05) is 50.2 Å². The van der Waals surface area contributed by atoms with Crippen molar-refractivity contribution >= 4 is 17.7 Å². The molecule has 0 spiro atoms. The molecule has 8 nitrogen and oxygen atoms in total. The molecule has 0 radical (unpaired) electrons. The molecule has 1 aliphatic heterocycles. The highest BCUT2D eigenvalue weighted by Gasteiger charge is 2.32. The first-order valence-corrected chi connectivity index (χ1v) is 10.4. The zero-order valence-electron chi connectivity index (χ0n) is 18.5. The molecule has 0 saturated carbocycles. The fourth-order valence-electron chi connectivity index (χ4n) is 3.82. The van der Waals surface area contributed by atoms with Crippen molar-refractivity contribution in [1.29, 1.82) is 0 Å². The first-order valence-electron chi connectivity index (χ1n) is 10.4. The van der Waals surface area contributed by atoms with Crippen LogP contribution in [0.5, 0.6) is 11.5 Å². The van der Waals surface area contributed by atoms with Gasteiger partial charge in [-0.1, -0.05) is 12.1 Å². The minimum absolute atomic E-state index is 0.214. The van der Waals surface area contributed by atoms with E-state index < -0.39 is 0 Å². The topological polar surface area (TPSA) is 91.9 Å². The summed E-state index contributed by atoms with van der Waals surface area (Å²) >= 11 is 0. The molecular formula is C23H30N4O4. The lowest BCUT2D eigenvalue weighted by Gasteiger charge is -2.37. The molecule has 0 fully saturated rings. The molecule has 1 unspecified atom stereocenters. The molecule has 1 atom stereocenters. The van der Waals surface area contributed by atoms with Gasteiger partial charge in [-0.25, -0.2) is 9.59 Å². The molecule has 3 rings (SSSR count). The van der Waals surface area contributed by atoms with Crippen molar-refractivity contribution in [3.8, 4) is 11.5 Å². The number of nitrogens with zero attached hydrogens (tertiary/aromatic N) is 1. The molecule has 3 N–H and O–H groups in total. The smallest absolute Gasteiger partial charge is 0.322 e. The predicted octanol–water partition coefficient (Wildman–Crippen LogP) is 3.46. The van der Waals surface area contributed by atoms with Gasteiger partial charge in [-0.15, -0.1) is 0 Å². The number of fused-ring (bicyclic) bond motifs is 1. The van der Waals surface area contributed by atoms with Crippen LogP contribution >= 0.6 is 0 Å². The molecule has 2 aromatic rings. The van der Waals surface area contributed by atoms with Gasteiger partial charge in [-0.2, -0.15) is 0 Å². The molecule has 2 aromatic carbocycles. The van der Waals surface area contributed by atoms with Crippen molar-refractivity contribution in [3.05, 3.63) is 53.1 Å². The van der Waals surface area contributed by atoms with Crippen molar-refractivity contribution in [1.82, 2.24) is 15.5 Å². The highest BCUT2D eigenvalue weighted by molar-refractivity contribution is 5.90. The van der Waals surface area contributed by atoms with Crippen LogP contribution in [0.2, 0.25) is 0 Å². The van der Waals surface area contributed by atoms with Crippen molar-refractivity contribution in [2.24, 2.45) is 0 Å². The van der Waals surface area contributed by atoms with E-state index in [-0.39, 0.29) is 24.6 Å². The Morgan fingerprint density at radius 3 is 2.52 bits per heavy atom. The summed E-state index contributed by atoms with van der Waals surface area (Å²) in [6.45, 7) is 5.15. The van der Waals surface area contributed by atoms with Gasteiger partial charge in [0.1, 0.15) is 0 Å². The Morgan fingerprint density at radius 1 is 1.10 bits per heavy atom. The Labute approximate surface area is 182 Å². The van der Waals surface area contributed by atoms with Gasteiger partial charge in [0.25, 0.3) is 0 Å². The second-order valence-corrected chi connectivity index (χ2v) is 7.41. The summed E-state index contributed by atoms with van der Waals surface area (Å²) in [5.74, 6) is 1.24. The van der Waals surface area contributed by atoms with Crippen LogP contribution in [0.4, 0.5) is 15.3 Å². The van der Waals surface area contributed by atoms with E-state index in [0.29, 0.717) is 31.0 Å². The number of rotatable bonds is 6. The standard InChI is InChI=1S/C23H30N4O4/c1-5-24-22(28)25-14-19-18-13-21(31-4)20(30-3)12-16(18)9-10-27(19)23(29)26-17-8-6-7-15(2)11-17/h6-8,11-13,19H,5,9-10,14H2,1-4H3,(H,26,29)(H2,24,25,28). The van der Waals surface area contributed by atoms with E-state index in [4.69, 9.17) is 9.47 Å². The zero-order chi connectivity index (χ0) is 22.4. The number of urea groups is 2. The van der Waals surface area contributed by atoms with Crippen LogP contribution in [0.25, 0.3) is 0 Å². The highest BCUT2D eigenvalue weighted by atomic mass is 16.5. The van der Waals surface area contributed by atoms with Crippen molar-refractivity contribution in [2.45, 2.75) is 26.3 Å². The van der Waals surface area contributed by atoms with Gasteiger partial charge in [-0.05, 0) is 61.2 Å². The lowest BCUT2D eigenvalue weighted by molar-refractivity contribution is 0.179. The first kappa shape index (κ1) is 22.3. The van der Waals surface area contributed by atoms with Crippen molar-refractivity contribution < 1.29 is 19.1 Å². The molecule has 0 aliphatic carbocycles. The Kier molecular flexibility index (Phi) is 7.23. The third kappa shape index (κ3) is 5.20. The quantitative estimate of drug-likeness (QED) is 0.660. The van der Waals surface area contributed by atoms with Crippen LogP contribution in [0, 0.1) is 6.92 Å². The van der Waals surface area contributed by atoms with Crippen LogP contribution in [0.15, 0.2) is 36.4 Å². The number of hydrogen-bond acceptors (Lipinski definition) is 4. The number of amides is 4. The molecule has 166 valence electrons. The number of nitrogens with one attached hydrogen (secondary N) is 3. The van der Waals surface area contributed by atoms with E-state index in [0.717, 1.165) is 22.4 Å². The zero-order valence-corrected chi connectivity index (χ0v) is 18.5. The second kappa shape index (κ2) is 10.1. The minimum Gasteiger partial charge on any atom is -0.493 e. The molecule has 8 heteroatoms. The Hall–Kier alpha value is -3.42. The van der Waals surface area contributed by atoms with Crippen LogP contribution in [0.1, 0.15) is 29.7 Å². The number of carbonyl (C=O) groups is 2. The number of methoxy groups -OCH3 is 2. The molecule has 4 amide bonds. The minimum atomic E-state index is -0.351. The van der Waals surface area contributed by atoms with Crippen LogP contribution in [0.3, 0.4) is 0 Å². The summed E-state index contributed by atoms with van der Waals surface area (Å²) in [4.78, 5) is 27.0. The first-order chi connectivity index (χ1) is 15.0. The number of anilines is 1. The normalized spacial score (nSPS) is 15.0. The van der Waals surface area contributed by atoms with Crippen molar-refractivity contribution in [2.75, 3.05) is 39.2 Å². The largest absolute Gasteiger partial charge is 0.493 e. The van der Waals surface area contributed by atoms with E-state index in [2.05, 4.69) is 16.0 Å². The van der Waals surface area contributed by atoms with Gasteiger partial charge < -0.3 is 30.3 Å². The monoisotopic (exact) mass is 426 g/mol. The van der Waals surface area contributed by atoms with Gasteiger partial charge in [0.2, 0.25) is 0 Å². The van der Waals surface area contributed by atoms with Crippen LogP contribution in [-0.2, 0) is 6.42 Å². The summed E-state index contributed by atoms with van der Waals surface area (Å²) in [6, 6.07) is 10.7. The number of ether oxygens (including phenoxy) is 2. The predicted molar refractivity (Wildman–Crippen MR) is 120 cm³/mol. The van der Waals surface area contributed by atoms with Crippen LogP contribution < -0.4 is 25.4 Å². The molecule has 0 saturated heterocycles. The van der Waals surface area contributed by atoms with Gasteiger partial charge >= 0.3 is 12.1 Å². The number of hydrogen-bond donors (Lipinski definition) is 3. The van der Waals surface area contributed by atoms with E-state index >= 15 is 0 Å². The highest BCUT2D eigenvalue weighted by Crippen LogP contribution is 2.38. The molecule has 0 bridgehead atoms. The fraction of sp³-hybridized carbons (Fsp3) is 0.391. The third-order valence-corrected chi connectivity index (χ3v) is 5.33. The second-order valence-electron chi connectivity index (χ2n) is 7.41. The Bertz CT molecular complexity index is 947. The fourth-order valence-corrected chi connectivity index (χ4v) is 3.82. The summed E-state index contributed by atoms with van der Waals surface area (Å²) < 4.78 is 10.9. The lowest BCUT2D eigenvalue weighted by Crippen LogP contribution is -2.48. The number of carbonyl (C=O) groups excluding carboxylic acids is 2. The number of benzene rings is 2. The maximum absolute atomic E-state index is 13.2. The Balaban J connectivity index is 1.90. The molecule has 1 aliphatic rings. The molecule has 1 heterocycles. The van der Waals surface area contributed by atoms with E-state index in [1.165, 1.54) is 0 Å². The lowest BCUT2D eigenvalue weighted by atomic mass is 9.92. The van der Waals surface area contributed by atoms with Crippen LogP contribution in [-0.4, -0.2) is 50.8 Å². The number of aryl methyl sites for hydroxylation is 1. The average Bonchev–Trinajstić information content (AvgIpc) is 2.76. The van der Waals surface area contributed by atoms with E-state index in [1.54, 1.807) is 19.1 Å². The van der Waals surface area contributed by atoms with Gasteiger partial charge in [-0.3, -0.25) is 0 Å². The summed E-state index contributed by atoms with van der Waals surface area (Å²) in [6.07, 6.45) is 0.675. The molecule has 0 aromatic heterocycles. The molecule has 31 heavy (non-hydrogen) atoms. The summed E-state index contributed by atoms with van der Waals surface area (Å²) in [7, 11) is 3.18. The SMILES string of the molecule is CCNC(=O)NCC1c2cc(OC)c(OC)cc2CCN1C(=O)Nc1cccc(C)c1. The van der Waals surface area contributed by atoms with Gasteiger partial charge in [0.05, 0.1) is 20.3 Å². The van der Waals surface area contributed by atoms with Gasteiger partial charge in [0, 0.05) is 25.3 Å². The summed E-state index contributed by atoms with van der Waals surface area (Å²) in [5, 5.41) is 8.58. The summed E-state index contributed by atoms with van der Waals surface area (Å²) in [5.41, 5.74) is 3.80. The third-order valence-electron chi connectivity index (χ3n) is 5.33. The van der Waals surface area contributed by atoms with Gasteiger partial charge in [0.15, 0.2) is 11.5 Å². The maximum Gasteiger partial charge on any atom is 0.322 e. The van der Waals surface area contributed by atoms with Crippen molar-refractivity contribution in [3.63, 3.8) is 0 Å². The maximum atomic E-state index is 13.2. The molecular weight excluding hydrogens is 396 g/mol. The average molecular weight is 427 g/mol. The van der Waals surface area contributed by atoms with E-state index in [9.17, 15) is 9.59 Å². The Morgan fingerprint density at radius 2 is 1.84 bits per heavy atom.